The minimum Gasteiger partial charge on any atom is -0.489 e. The van der Waals surface area contributed by atoms with Crippen molar-refractivity contribution in [2.45, 2.75) is 31.4 Å². The molecular formula is C15H17NO2. The zero-order valence-electron chi connectivity index (χ0n) is 10.3. The van der Waals surface area contributed by atoms with Gasteiger partial charge in [0, 0.05) is 12.6 Å². The molecule has 3 nitrogen and oxygen atoms in total. The summed E-state index contributed by atoms with van der Waals surface area (Å²) in [7, 11) is 0. The summed E-state index contributed by atoms with van der Waals surface area (Å²) in [6.45, 7) is 2.24. The fourth-order valence-electron chi connectivity index (χ4n) is 3.85. The first-order chi connectivity index (χ1) is 8.84. The number of hydrogen-bond donors (Lipinski definition) is 0. The number of nitrogens with zero attached hydrogens (tertiary/aromatic N) is 1. The van der Waals surface area contributed by atoms with E-state index in [0.29, 0.717) is 11.8 Å². The molecule has 0 aromatic heterocycles. The van der Waals surface area contributed by atoms with Crippen LogP contribution in [0.5, 0.6) is 5.75 Å². The Morgan fingerprint density at radius 3 is 3.00 bits per heavy atom. The summed E-state index contributed by atoms with van der Waals surface area (Å²) < 4.78 is 6.07. The van der Waals surface area contributed by atoms with Gasteiger partial charge in [0.05, 0.1) is 11.5 Å². The van der Waals surface area contributed by atoms with Gasteiger partial charge in [0.2, 0.25) is 0 Å². The second kappa shape index (κ2) is 3.82. The van der Waals surface area contributed by atoms with Crippen LogP contribution in [-0.2, 0) is 0 Å². The van der Waals surface area contributed by atoms with Gasteiger partial charge in [-0.15, -0.1) is 0 Å². The largest absolute Gasteiger partial charge is 0.489 e. The molecule has 94 valence electrons. The molecule has 0 saturated carbocycles. The van der Waals surface area contributed by atoms with Crippen molar-refractivity contribution in [3.63, 3.8) is 0 Å². The third-order valence-corrected chi connectivity index (χ3v) is 4.66. The van der Waals surface area contributed by atoms with Crippen LogP contribution in [0.3, 0.4) is 0 Å². The SMILES string of the molecule is O=C1c2ccccc2O[C@@H]2CCN3CCC[C@@H]3[C@@H]12. The van der Waals surface area contributed by atoms with Gasteiger partial charge in [-0.25, -0.2) is 0 Å². The Hall–Kier alpha value is -1.35. The molecule has 0 aliphatic carbocycles. The van der Waals surface area contributed by atoms with Crippen molar-refractivity contribution in [1.29, 1.82) is 0 Å². The van der Waals surface area contributed by atoms with E-state index in [1.807, 2.05) is 24.3 Å². The number of benzene rings is 1. The lowest BCUT2D eigenvalue weighted by molar-refractivity contribution is 0.0105. The van der Waals surface area contributed by atoms with Crippen LogP contribution >= 0.6 is 0 Å². The Morgan fingerprint density at radius 1 is 1.17 bits per heavy atom. The van der Waals surface area contributed by atoms with Crippen molar-refractivity contribution in [3.8, 4) is 5.75 Å². The third kappa shape index (κ3) is 1.37. The minimum atomic E-state index is 0.0659. The summed E-state index contributed by atoms with van der Waals surface area (Å²) >= 11 is 0. The zero-order valence-corrected chi connectivity index (χ0v) is 10.3. The van der Waals surface area contributed by atoms with Gasteiger partial charge >= 0.3 is 0 Å². The van der Waals surface area contributed by atoms with Gasteiger partial charge in [-0.3, -0.25) is 9.69 Å². The molecule has 0 N–H and O–H groups in total. The van der Waals surface area contributed by atoms with Crippen LogP contribution in [0.15, 0.2) is 24.3 Å². The standard InChI is InChI=1S/C15H17NO2/c17-15-10-4-1-2-6-12(10)18-13-7-9-16-8-3-5-11(16)14(13)15/h1-2,4,6,11,13-14H,3,5,7-9H2/t11-,13-,14-/m1/s1. The highest BCUT2D eigenvalue weighted by Crippen LogP contribution is 2.40. The molecule has 3 atom stereocenters. The van der Waals surface area contributed by atoms with Crippen LogP contribution in [0.25, 0.3) is 0 Å². The fraction of sp³-hybridized carbons (Fsp3) is 0.533. The maximum atomic E-state index is 12.7. The number of para-hydroxylation sites is 1. The highest BCUT2D eigenvalue weighted by molar-refractivity contribution is 6.02. The smallest absolute Gasteiger partial charge is 0.174 e. The molecule has 4 rings (SSSR count). The van der Waals surface area contributed by atoms with E-state index in [9.17, 15) is 4.79 Å². The Balaban J connectivity index is 1.76. The summed E-state index contributed by atoms with van der Waals surface area (Å²) in [5.74, 6) is 1.16. The average Bonchev–Trinajstić information content (AvgIpc) is 2.87. The van der Waals surface area contributed by atoms with Crippen LogP contribution in [0.4, 0.5) is 0 Å². The van der Waals surface area contributed by atoms with Crippen molar-refractivity contribution < 1.29 is 9.53 Å². The summed E-state index contributed by atoms with van der Waals surface area (Å²) in [4.78, 5) is 15.2. The first-order valence-corrected chi connectivity index (χ1v) is 6.88. The fourth-order valence-corrected chi connectivity index (χ4v) is 3.85. The molecule has 0 bridgehead atoms. The summed E-state index contributed by atoms with van der Waals surface area (Å²) in [6.07, 6.45) is 3.47. The van der Waals surface area contributed by atoms with Gasteiger partial charge in [0.25, 0.3) is 0 Å². The predicted octanol–water partition coefficient (Wildman–Crippen LogP) is 2.11. The molecule has 3 heteroatoms. The molecule has 1 aromatic rings. The molecule has 0 unspecified atom stereocenters. The number of ketones is 1. The first kappa shape index (κ1) is 10.6. The zero-order chi connectivity index (χ0) is 12.1. The van der Waals surface area contributed by atoms with Gasteiger partial charge in [0.1, 0.15) is 11.9 Å². The second-order valence-electron chi connectivity index (χ2n) is 5.58. The van der Waals surface area contributed by atoms with Crippen molar-refractivity contribution in [2.24, 2.45) is 5.92 Å². The number of hydrogen-bond acceptors (Lipinski definition) is 3. The number of carbonyl (C=O) groups is 1. The Labute approximate surface area is 107 Å². The van der Waals surface area contributed by atoms with Crippen LogP contribution in [-0.4, -0.2) is 35.9 Å². The molecule has 3 aliphatic heterocycles. The molecule has 2 fully saturated rings. The number of ether oxygens (including phenoxy) is 1. The molecule has 0 spiro atoms. The van der Waals surface area contributed by atoms with E-state index < -0.39 is 0 Å². The monoisotopic (exact) mass is 243 g/mol. The van der Waals surface area contributed by atoms with Crippen LogP contribution in [0.2, 0.25) is 0 Å². The molecule has 1 aromatic carbocycles. The Morgan fingerprint density at radius 2 is 2.06 bits per heavy atom. The molecule has 2 saturated heterocycles. The van der Waals surface area contributed by atoms with E-state index >= 15 is 0 Å². The van der Waals surface area contributed by atoms with E-state index in [0.717, 1.165) is 37.2 Å². The van der Waals surface area contributed by atoms with Gasteiger partial charge in [-0.2, -0.15) is 0 Å². The van der Waals surface area contributed by atoms with E-state index in [2.05, 4.69) is 4.90 Å². The lowest BCUT2D eigenvalue weighted by Gasteiger charge is -2.43. The number of carbonyl (C=O) groups excluding carboxylic acids is 1. The molecule has 3 heterocycles. The highest BCUT2D eigenvalue weighted by atomic mass is 16.5. The van der Waals surface area contributed by atoms with Crippen LogP contribution in [0.1, 0.15) is 29.6 Å². The van der Waals surface area contributed by atoms with Crippen molar-refractivity contribution in [1.82, 2.24) is 4.90 Å². The third-order valence-electron chi connectivity index (χ3n) is 4.66. The lowest BCUT2D eigenvalue weighted by atomic mass is 9.79. The van der Waals surface area contributed by atoms with Crippen LogP contribution < -0.4 is 4.74 Å². The van der Waals surface area contributed by atoms with Gasteiger partial charge in [-0.05, 0) is 37.9 Å². The molecule has 18 heavy (non-hydrogen) atoms. The maximum absolute atomic E-state index is 12.7. The summed E-state index contributed by atoms with van der Waals surface area (Å²) in [5.41, 5.74) is 0.785. The van der Waals surface area contributed by atoms with E-state index in [-0.39, 0.29) is 12.0 Å². The normalized spacial score (nSPS) is 34.4. The van der Waals surface area contributed by atoms with E-state index in [1.54, 1.807) is 0 Å². The van der Waals surface area contributed by atoms with Crippen molar-refractivity contribution in [3.05, 3.63) is 29.8 Å². The van der Waals surface area contributed by atoms with Gasteiger partial charge in [0.15, 0.2) is 5.78 Å². The summed E-state index contributed by atoms with van der Waals surface area (Å²) in [5, 5.41) is 0. The molecule has 0 amide bonds. The Bertz CT molecular complexity index is 499. The van der Waals surface area contributed by atoms with Crippen molar-refractivity contribution in [2.75, 3.05) is 13.1 Å². The molecule has 0 radical (unpaired) electrons. The molecule has 3 aliphatic rings. The summed E-state index contributed by atoms with van der Waals surface area (Å²) in [6, 6.07) is 8.11. The number of fused-ring (bicyclic) bond motifs is 4. The van der Waals surface area contributed by atoms with Crippen LogP contribution in [0, 0.1) is 5.92 Å². The predicted molar refractivity (Wildman–Crippen MR) is 67.9 cm³/mol. The average molecular weight is 243 g/mol. The number of Topliss-reactive ketones (excluding diaryl/α,β-unsaturated/α-hetero) is 1. The quantitative estimate of drug-likeness (QED) is 0.699. The minimum absolute atomic E-state index is 0.0659. The second-order valence-corrected chi connectivity index (χ2v) is 5.58. The van der Waals surface area contributed by atoms with Gasteiger partial charge in [-0.1, -0.05) is 12.1 Å². The van der Waals surface area contributed by atoms with Crippen molar-refractivity contribution >= 4 is 5.78 Å². The lowest BCUT2D eigenvalue weighted by Crippen LogP contribution is -2.54. The maximum Gasteiger partial charge on any atom is 0.174 e. The van der Waals surface area contributed by atoms with E-state index in [1.165, 1.54) is 6.42 Å². The Kier molecular flexibility index (Phi) is 2.24. The molecular weight excluding hydrogens is 226 g/mol. The number of piperidine rings is 1. The van der Waals surface area contributed by atoms with Gasteiger partial charge < -0.3 is 4.74 Å². The number of rotatable bonds is 0. The first-order valence-electron chi connectivity index (χ1n) is 6.88. The highest BCUT2D eigenvalue weighted by Gasteiger charge is 2.48. The topological polar surface area (TPSA) is 29.5 Å². The van der Waals surface area contributed by atoms with E-state index in [4.69, 9.17) is 4.74 Å².